The van der Waals surface area contributed by atoms with Crippen molar-refractivity contribution in [2.75, 3.05) is 19.7 Å². The Balaban J connectivity index is 1.07. The molecule has 1 saturated carbocycles. The van der Waals surface area contributed by atoms with E-state index in [0.717, 1.165) is 37.4 Å². The van der Waals surface area contributed by atoms with Gasteiger partial charge in [0.15, 0.2) is 5.82 Å². The number of amides is 1. The molecule has 3 aromatic heterocycles. The number of thiophene rings is 1. The molecule has 8 heteroatoms. The molecule has 0 bridgehead atoms. The summed E-state index contributed by atoms with van der Waals surface area (Å²) in [6.07, 6.45) is 8.19. The summed E-state index contributed by atoms with van der Waals surface area (Å²) in [5.41, 5.74) is 5.02. The first kappa shape index (κ1) is 24.1. The molecule has 7 nitrogen and oxygen atoms in total. The van der Waals surface area contributed by atoms with Crippen molar-refractivity contribution in [2.24, 2.45) is 13.0 Å². The predicted molar refractivity (Wildman–Crippen MR) is 147 cm³/mol. The molecule has 1 aliphatic heterocycles. The van der Waals surface area contributed by atoms with E-state index in [2.05, 4.69) is 52.0 Å². The average Bonchev–Trinajstić information content (AvgIpc) is 3.63. The van der Waals surface area contributed by atoms with Crippen LogP contribution in [0.2, 0.25) is 0 Å². The fraction of sp³-hybridized carbons (Fsp3) is 0.448. The number of aryl methyl sites for hydroxylation is 3. The molecule has 1 amide bonds. The van der Waals surface area contributed by atoms with Gasteiger partial charge < -0.3 is 23.9 Å². The standard InChI is InChI=1S/C29H34N4O3S/c1-31-25-12-15-37-27(25)16-26(31)28-30-24(22-5-2-6-22)18-32(28)13-3-4-20-7-9-23(10-8-20)36-19-21-11-14-33(17-21)29(34)35/h7-10,12,15-16,18,21-22H,2-6,11,13-14,17,19H2,1H3,(H,34,35)/t21-/m0/s1. The van der Waals surface area contributed by atoms with E-state index < -0.39 is 6.09 Å². The Labute approximate surface area is 221 Å². The van der Waals surface area contributed by atoms with Gasteiger partial charge >= 0.3 is 6.09 Å². The van der Waals surface area contributed by atoms with E-state index >= 15 is 0 Å². The van der Waals surface area contributed by atoms with Gasteiger partial charge in [0.1, 0.15) is 5.75 Å². The Hall–Kier alpha value is -3.26. The molecule has 1 aliphatic carbocycles. The molecule has 0 spiro atoms. The van der Waals surface area contributed by atoms with Crippen molar-refractivity contribution in [1.82, 2.24) is 19.0 Å². The molecule has 1 aromatic carbocycles. The third kappa shape index (κ3) is 4.99. The fourth-order valence-corrected chi connectivity index (χ4v) is 6.39. The van der Waals surface area contributed by atoms with Crippen LogP contribution in [0.4, 0.5) is 4.79 Å². The number of hydrogen-bond donors (Lipinski definition) is 1. The highest BCUT2D eigenvalue weighted by Crippen LogP contribution is 2.38. The number of carbonyl (C=O) groups is 1. The summed E-state index contributed by atoms with van der Waals surface area (Å²) in [4.78, 5) is 17.7. The maximum Gasteiger partial charge on any atom is 0.407 e. The lowest BCUT2D eigenvalue weighted by Crippen LogP contribution is -2.27. The van der Waals surface area contributed by atoms with Gasteiger partial charge in [-0.2, -0.15) is 0 Å². The molecule has 0 unspecified atom stereocenters. The van der Waals surface area contributed by atoms with Gasteiger partial charge in [0.25, 0.3) is 0 Å². The molecular formula is C29H34N4O3S. The van der Waals surface area contributed by atoms with Crippen LogP contribution in [-0.4, -0.2) is 49.9 Å². The monoisotopic (exact) mass is 518 g/mol. The second kappa shape index (κ2) is 10.2. The Bertz CT molecular complexity index is 1380. The van der Waals surface area contributed by atoms with Crippen molar-refractivity contribution < 1.29 is 14.6 Å². The van der Waals surface area contributed by atoms with Gasteiger partial charge in [-0.25, -0.2) is 9.78 Å². The first-order chi connectivity index (χ1) is 18.0. The Morgan fingerprint density at radius 2 is 2.03 bits per heavy atom. The number of nitrogens with zero attached hydrogens (tertiary/aromatic N) is 4. The molecule has 6 rings (SSSR count). The SMILES string of the molecule is Cn1c(-c2nc(C3CCC3)cn2CCCc2ccc(OC[C@H]3CCN(C(=O)O)C3)cc2)cc2sccc21. The van der Waals surface area contributed by atoms with Gasteiger partial charge in [0, 0.05) is 44.7 Å². The van der Waals surface area contributed by atoms with Gasteiger partial charge in [-0.15, -0.1) is 11.3 Å². The lowest BCUT2D eigenvalue weighted by atomic mass is 9.83. The molecule has 1 N–H and O–H groups in total. The number of ether oxygens (including phenoxy) is 1. The van der Waals surface area contributed by atoms with Crippen molar-refractivity contribution >= 4 is 27.6 Å². The van der Waals surface area contributed by atoms with Crippen LogP contribution in [0.3, 0.4) is 0 Å². The number of rotatable bonds is 9. The number of hydrogen-bond acceptors (Lipinski definition) is 4. The zero-order valence-corrected chi connectivity index (χ0v) is 22.1. The summed E-state index contributed by atoms with van der Waals surface area (Å²) in [7, 11) is 2.14. The number of benzene rings is 1. The first-order valence-electron chi connectivity index (χ1n) is 13.3. The third-order valence-corrected chi connectivity index (χ3v) is 8.89. The number of fused-ring (bicyclic) bond motifs is 1. The van der Waals surface area contributed by atoms with Gasteiger partial charge in [-0.1, -0.05) is 18.6 Å². The highest BCUT2D eigenvalue weighted by Gasteiger charge is 2.26. The maximum absolute atomic E-state index is 11.1. The Morgan fingerprint density at radius 1 is 1.19 bits per heavy atom. The highest BCUT2D eigenvalue weighted by molar-refractivity contribution is 7.17. The van der Waals surface area contributed by atoms with Gasteiger partial charge in [0.2, 0.25) is 0 Å². The first-order valence-corrected chi connectivity index (χ1v) is 14.2. The van der Waals surface area contributed by atoms with E-state index in [9.17, 15) is 4.79 Å². The van der Waals surface area contributed by atoms with Crippen LogP contribution in [0.15, 0.2) is 48.0 Å². The number of likely N-dealkylation sites (tertiary alicyclic amines) is 1. The molecule has 37 heavy (non-hydrogen) atoms. The zero-order valence-electron chi connectivity index (χ0n) is 21.3. The molecule has 2 fully saturated rings. The van der Waals surface area contributed by atoms with Crippen LogP contribution in [0.5, 0.6) is 5.75 Å². The summed E-state index contributed by atoms with van der Waals surface area (Å²) in [6.45, 7) is 2.67. The normalized spacial score (nSPS) is 18.0. The van der Waals surface area contributed by atoms with Crippen molar-refractivity contribution in [2.45, 2.75) is 51.0 Å². The molecule has 1 saturated heterocycles. The molecule has 4 heterocycles. The van der Waals surface area contributed by atoms with Crippen LogP contribution in [0.1, 0.15) is 49.3 Å². The van der Waals surface area contributed by atoms with Crippen molar-refractivity contribution in [3.8, 4) is 17.3 Å². The van der Waals surface area contributed by atoms with E-state index in [4.69, 9.17) is 14.8 Å². The summed E-state index contributed by atoms with van der Waals surface area (Å²) >= 11 is 1.79. The minimum Gasteiger partial charge on any atom is -0.493 e. The van der Waals surface area contributed by atoms with Crippen molar-refractivity contribution in [3.05, 3.63) is 59.2 Å². The van der Waals surface area contributed by atoms with E-state index in [1.807, 2.05) is 12.1 Å². The molecule has 0 radical (unpaired) electrons. The number of imidazole rings is 1. The van der Waals surface area contributed by atoms with Gasteiger partial charge in [0.05, 0.1) is 28.2 Å². The predicted octanol–water partition coefficient (Wildman–Crippen LogP) is 6.38. The van der Waals surface area contributed by atoms with E-state index in [-0.39, 0.29) is 5.92 Å². The quantitative estimate of drug-likeness (QED) is 0.279. The third-order valence-electron chi connectivity index (χ3n) is 8.04. The largest absolute Gasteiger partial charge is 0.493 e. The van der Waals surface area contributed by atoms with E-state index in [1.54, 1.807) is 11.3 Å². The fourth-order valence-electron chi connectivity index (χ4n) is 5.54. The summed E-state index contributed by atoms with van der Waals surface area (Å²) in [5.74, 6) is 2.82. The van der Waals surface area contributed by atoms with Gasteiger partial charge in [-0.3, -0.25) is 0 Å². The van der Waals surface area contributed by atoms with Crippen LogP contribution >= 0.6 is 11.3 Å². The minimum absolute atomic E-state index is 0.269. The zero-order chi connectivity index (χ0) is 25.4. The highest BCUT2D eigenvalue weighted by atomic mass is 32.1. The number of aromatic nitrogens is 3. The molecular weight excluding hydrogens is 484 g/mol. The van der Waals surface area contributed by atoms with Crippen LogP contribution < -0.4 is 4.74 Å². The smallest absolute Gasteiger partial charge is 0.407 e. The second-order valence-corrected chi connectivity index (χ2v) is 11.5. The van der Waals surface area contributed by atoms with E-state index in [0.29, 0.717) is 25.6 Å². The van der Waals surface area contributed by atoms with Crippen molar-refractivity contribution in [1.29, 1.82) is 0 Å². The molecule has 1 atom stereocenters. The number of carboxylic acid groups (broad SMARTS) is 1. The van der Waals surface area contributed by atoms with Crippen molar-refractivity contribution in [3.63, 3.8) is 0 Å². The molecule has 4 aromatic rings. The minimum atomic E-state index is -0.836. The van der Waals surface area contributed by atoms with Gasteiger partial charge in [-0.05, 0) is 67.3 Å². The summed E-state index contributed by atoms with van der Waals surface area (Å²) in [5, 5.41) is 11.3. The Morgan fingerprint density at radius 3 is 2.73 bits per heavy atom. The molecule has 2 aliphatic rings. The Kier molecular flexibility index (Phi) is 6.67. The van der Waals surface area contributed by atoms with E-state index in [1.165, 1.54) is 51.3 Å². The summed E-state index contributed by atoms with van der Waals surface area (Å²) in [6, 6.07) is 12.8. The molecule has 194 valence electrons. The van der Waals surface area contributed by atoms with Crippen LogP contribution in [0, 0.1) is 5.92 Å². The summed E-state index contributed by atoms with van der Waals surface area (Å²) < 4.78 is 11.9. The second-order valence-electron chi connectivity index (χ2n) is 10.5. The lowest BCUT2D eigenvalue weighted by Gasteiger charge is -2.22. The lowest BCUT2D eigenvalue weighted by molar-refractivity contribution is 0.151. The average molecular weight is 519 g/mol. The maximum atomic E-state index is 11.1. The van der Waals surface area contributed by atoms with Crippen LogP contribution in [-0.2, 0) is 20.0 Å². The van der Waals surface area contributed by atoms with Crippen LogP contribution in [0.25, 0.3) is 21.7 Å². The topological polar surface area (TPSA) is 72.5 Å².